The molecule has 7 heteroatoms. The molecule has 5 rings (SSSR count). The molecular formula is C19H26N6O. The van der Waals surface area contributed by atoms with Crippen molar-refractivity contribution in [3.63, 3.8) is 0 Å². The molecule has 1 saturated heterocycles. The molecule has 3 unspecified atom stereocenters. The van der Waals surface area contributed by atoms with Crippen LogP contribution < -0.4 is 10.6 Å². The number of nitrogens with zero attached hydrogens (tertiary/aromatic N) is 3. The van der Waals surface area contributed by atoms with Crippen molar-refractivity contribution in [3.8, 4) is 0 Å². The molecule has 138 valence electrons. The number of fused-ring (bicyclic) bond motifs is 2. The summed E-state index contributed by atoms with van der Waals surface area (Å²) < 4.78 is 1.79. The molecule has 2 aliphatic carbocycles. The van der Waals surface area contributed by atoms with E-state index < -0.39 is 0 Å². The van der Waals surface area contributed by atoms with Crippen LogP contribution in [0.4, 0.5) is 5.82 Å². The number of hydrogen-bond acceptors (Lipinski definition) is 4. The zero-order valence-electron chi connectivity index (χ0n) is 15.1. The minimum Gasteiger partial charge on any atom is -0.315 e. The highest BCUT2D eigenvalue weighted by Gasteiger charge is 2.41. The maximum atomic E-state index is 12.8. The first-order valence-electron chi connectivity index (χ1n) is 9.73. The van der Waals surface area contributed by atoms with E-state index in [1.54, 1.807) is 4.68 Å². The van der Waals surface area contributed by atoms with Crippen molar-refractivity contribution < 1.29 is 4.79 Å². The van der Waals surface area contributed by atoms with E-state index in [1.807, 2.05) is 25.5 Å². The van der Waals surface area contributed by atoms with Crippen molar-refractivity contribution in [2.45, 2.75) is 37.5 Å². The molecule has 2 bridgehead atoms. The first-order chi connectivity index (χ1) is 12.7. The third-order valence-electron chi connectivity index (χ3n) is 6.69. The van der Waals surface area contributed by atoms with Crippen LogP contribution in [0.5, 0.6) is 0 Å². The Morgan fingerprint density at radius 3 is 2.92 bits per heavy atom. The van der Waals surface area contributed by atoms with Crippen molar-refractivity contribution in [1.82, 2.24) is 25.3 Å². The fraction of sp³-hybridized carbons (Fsp3) is 0.632. The number of nitrogens with one attached hydrogen (secondary N) is 3. The van der Waals surface area contributed by atoms with Crippen molar-refractivity contribution in [2.24, 2.45) is 24.8 Å². The molecule has 0 radical (unpaired) electrons. The van der Waals surface area contributed by atoms with E-state index in [-0.39, 0.29) is 17.7 Å². The highest BCUT2D eigenvalue weighted by molar-refractivity contribution is 5.92. The number of rotatable bonds is 4. The summed E-state index contributed by atoms with van der Waals surface area (Å²) in [6, 6.07) is 2.05. The Hall–Kier alpha value is -2.15. The van der Waals surface area contributed by atoms with E-state index in [9.17, 15) is 4.79 Å². The van der Waals surface area contributed by atoms with Gasteiger partial charge in [-0.2, -0.15) is 10.2 Å². The van der Waals surface area contributed by atoms with Crippen LogP contribution in [0.25, 0.3) is 0 Å². The number of amides is 1. The second-order valence-corrected chi connectivity index (χ2v) is 8.30. The van der Waals surface area contributed by atoms with Gasteiger partial charge in [0.15, 0.2) is 5.82 Å². The van der Waals surface area contributed by atoms with Gasteiger partial charge in [-0.1, -0.05) is 6.42 Å². The van der Waals surface area contributed by atoms with Gasteiger partial charge in [-0.15, -0.1) is 0 Å². The quantitative estimate of drug-likeness (QED) is 0.783. The number of aromatic nitrogens is 4. The second kappa shape index (κ2) is 6.23. The van der Waals surface area contributed by atoms with Gasteiger partial charge in [0.2, 0.25) is 5.91 Å². The van der Waals surface area contributed by atoms with E-state index in [4.69, 9.17) is 0 Å². The number of aryl methyl sites for hydroxylation is 1. The summed E-state index contributed by atoms with van der Waals surface area (Å²) in [6.45, 7) is 1.50. The maximum Gasteiger partial charge on any atom is 0.230 e. The Morgan fingerprint density at radius 1 is 1.27 bits per heavy atom. The van der Waals surface area contributed by atoms with Crippen molar-refractivity contribution >= 4 is 11.7 Å². The normalized spacial score (nSPS) is 33.0. The summed E-state index contributed by atoms with van der Waals surface area (Å²) in [5, 5.41) is 18.2. The number of carbonyl (C=O) groups is 1. The molecule has 1 aliphatic heterocycles. The first kappa shape index (κ1) is 16.1. The van der Waals surface area contributed by atoms with Crippen molar-refractivity contribution in [2.75, 3.05) is 18.4 Å². The predicted molar refractivity (Wildman–Crippen MR) is 97.7 cm³/mol. The van der Waals surface area contributed by atoms with Gasteiger partial charge in [-0.25, -0.2) is 0 Å². The Morgan fingerprint density at radius 2 is 2.19 bits per heavy atom. The second-order valence-electron chi connectivity index (χ2n) is 8.30. The van der Waals surface area contributed by atoms with Gasteiger partial charge >= 0.3 is 0 Å². The Balaban J connectivity index is 1.27. The molecular weight excluding hydrogens is 328 g/mol. The Bertz CT molecular complexity index is 811. The molecule has 7 nitrogen and oxygen atoms in total. The lowest BCUT2D eigenvalue weighted by molar-refractivity contribution is -0.119. The fourth-order valence-corrected chi connectivity index (χ4v) is 5.37. The molecule has 2 saturated carbocycles. The molecule has 26 heavy (non-hydrogen) atoms. The van der Waals surface area contributed by atoms with Gasteiger partial charge in [0.1, 0.15) is 0 Å². The smallest absolute Gasteiger partial charge is 0.230 e. The molecule has 0 spiro atoms. The maximum absolute atomic E-state index is 12.8. The van der Waals surface area contributed by atoms with Crippen LogP contribution in [0.15, 0.2) is 18.5 Å². The van der Waals surface area contributed by atoms with Crippen LogP contribution in [0.2, 0.25) is 0 Å². The van der Waals surface area contributed by atoms with Gasteiger partial charge in [-0.05, 0) is 36.7 Å². The molecule has 3 N–H and O–H groups in total. The molecule has 2 aromatic heterocycles. The zero-order chi connectivity index (χ0) is 17.7. The molecule has 0 aromatic carbocycles. The summed E-state index contributed by atoms with van der Waals surface area (Å²) >= 11 is 0. The van der Waals surface area contributed by atoms with Gasteiger partial charge in [0.25, 0.3) is 0 Å². The minimum atomic E-state index is -0.0955. The van der Waals surface area contributed by atoms with Gasteiger partial charge < -0.3 is 10.6 Å². The van der Waals surface area contributed by atoms with E-state index in [2.05, 4.69) is 25.9 Å². The topological polar surface area (TPSA) is 87.6 Å². The molecule has 3 heterocycles. The SMILES string of the molecule is Cn1cc([C@H]2CNC[C@@H]2C(=O)Nc2cc(C3CC4CCC3C4)[nH]n2)cn1. The van der Waals surface area contributed by atoms with Gasteiger partial charge in [-0.3, -0.25) is 14.6 Å². The third-order valence-corrected chi connectivity index (χ3v) is 6.69. The van der Waals surface area contributed by atoms with Gasteiger partial charge in [0.05, 0.1) is 12.1 Å². The zero-order valence-corrected chi connectivity index (χ0v) is 15.1. The predicted octanol–water partition coefficient (Wildman–Crippen LogP) is 1.99. The Kier molecular flexibility index (Phi) is 3.85. The first-order valence-corrected chi connectivity index (χ1v) is 9.73. The van der Waals surface area contributed by atoms with Crippen LogP contribution in [0, 0.1) is 17.8 Å². The average Bonchev–Trinajstić information content (AvgIpc) is 3.42. The van der Waals surface area contributed by atoms with Crippen molar-refractivity contribution in [3.05, 3.63) is 29.7 Å². The average molecular weight is 354 g/mol. The lowest BCUT2D eigenvalue weighted by atomic mass is 9.86. The molecule has 3 aliphatic rings. The monoisotopic (exact) mass is 354 g/mol. The van der Waals surface area contributed by atoms with E-state index in [1.165, 1.54) is 31.4 Å². The number of anilines is 1. The van der Waals surface area contributed by atoms with E-state index in [0.717, 1.165) is 23.9 Å². The summed E-state index contributed by atoms with van der Waals surface area (Å²) in [6.07, 6.45) is 9.24. The van der Waals surface area contributed by atoms with Crippen LogP contribution in [-0.4, -0.2) is 39.0 Å². The summed E-state index contributed by atoms with van der Waals surface area (Å²) in [7, 11) is 1.90. The number of carbonyl (C=O) groups excluding carboxylic acids is 1. The van der Waals surface area contributed by atoms with Crippen molar-refractivity contribution in [1.29, 1.82) is 0 Å². The molecule has 2 aromatic rings. The summed E-state index contributed by atoms with van der Waals surface area (Å²) in [5.41, 5.74) is 2.31. The molecule has 1 amide bonds. The van der Waals surface area contributed by atoms with Crippen LogP contribution in [0.1, 0.15) is 48.8 Å². The number of aromatic amines is 1. The lowest BCUT2D eigenvalue weighted by Gasteiger charge is -2.19. The number of H-pyrrole nitrogens is 1. The highest BCUT2D eigenvalue weighted by atomic mass is 16.2. The summed E-state index contributed by atoms with van der Waals surface area (Å²) in [4.78, 5) is 12.8. The fourth-order valence-electron chi connectivity index (χ4n) is 5.37. The minimum absolute atomic E-state index is 0.0369. The largest absolute Gasteiger partial charge is 0.315 e. The third kappa shape index (κ3) is 2.74. The van der Waals surface area contributed by atoms with Crippen LogP contribution in [0.3, 0.4) is 0 Å². The lowest BCUT2D eigenvalue weighted by Crippen LogP contribution is -2.28. The highest BCUT2D eigenvalue weighted by Crippen LogP contribution is 2.52. The Labute approximate surface area is 152 Å². The number of hydrogen-bond donors (Lipinski definition) is 3. The van der Waals surface area contributed by atoms with Crippen LogP contribution >= 0.6 is 0 Å². The van der Waals surface area contributed by atoms with Crippen LogP contribution in [-0.2, 0) is 11.8 Å². The molecule has 5 atom stereocenters. The van der Waals surface area contributed by atoms with E-state index >= 15 is 0 Å². The van der Waals surface area contributed by atoms with E-state index in [0.29, 0.717) is 18.3 Å². The summed E-state index contributed by atoms with van der Waals surface area (Å²) in [5.74, 6) is 3.06. The van der Waals surface area contributed by atoms with Gasteiger partial charge in [0, 0.05) is 49.9 Å². The molecule has 3 fully saturated rings. The standard InChI is InChI=1S/C19H26N6O/c1-25-10-13(7-21-25)15-8-20-9-16(15)19(26)22-18-6-17(23-24-18)14-5-11-2-3-12(14)4-11/h6-7,10-12,14-16,20H,2-5,8-9H2,1H3,(H2,22,23,24,26)/t11?,12?,14?,15-,16+/m1/s1.